The zero-order valence-electron chi connectivity index (χ0n) is 8.51. The molecule has 0 aromatic heterocycles. The van der Waals surface area contributed by atoms with Crippen molar-refractivity contribution < 1.29 is 8.78 Å². The second-order valence-corrected chi connectivity index (χ2v) is 3.38. The van der Waals surface area contributed by atoms with Crippen LogP contribution in [0.1, 0.15) is 18.5 Å². The van der Waals surface area contributed by atoms with Gasteiger partial charge >= 0.3 is 0 Å². The molecule has 0 spiro atoms. The van der Waals surface area contributed by atoms with E-state index in [1.165, 1.54) is 18.2 Å². The quantitative estimate of drug-likeness (QED) is 0.751. The van der Waals surface area contributed by atoms with E-state index in [1.807, 2.05) is 0 Å². The Morgan fingerprint density at radius 3 is 2.14 bits per heavy atom. The molecule has 0 fully saturated rings. The summed E-state index contributed by atoms with van der Waals surface area (Å²) in [7, 11) is 3.55. The first-order valence-electron chi connectivity index (χ1n) is 4.39. The Bertz CT molecular complexity index is 293. The van der Waals surface area contributed by atoms with E-state index in [1.54, 1.807) is 26.0 Å². The van der Waals surface area contributed by atoms with Gasteiger partial charge in [-0.15, -0.1) is 0 Å². The molecule has 0 aliphatic heterocycles. The van der Waals surface area contributed by atoms with E-state index in [4.69, 9.17) is 0 Å². The lowest BCUT2D eigenvalue weighted by molar-refractivity contribution is 0.246. The summed E-state index contributed by atoms with van der Waals surface area (Å²) in [5.74, 6) is -1.04. The molecule has 0 bridgehead atoms. The zero-order chi connectivity index (χ0) is 10.7. The number of hydrogen-bond donors (Lipinski definition) is 1. The maximum atomic E-state index is 13.3. The van der Waals surface area contributed by atoms with Gasteiger partial charge in [-0.2, -0.15) is 0 Å². The lowest BCUT2D eigenvalue weighted by Gasteiger charge is -2.20. The van der Waals surface area contributed by atoms with Crippen LogP contribution in [0.25, 0.3) is 0 Å². The van der Waals surface area contributed by atoms with Crippen LogP contribution in [-0.4, -0.2) is 19.1 Å². The lowest BCUT2D eigenvalue weighted by atomic mass is 10.1. The third kappa shape index (κ3) is 2.49. The van der Waals surface area contributed by atoms with Crippen LogP contribution in [0.15, 0.2) is 18.2 Å². The first-order chi connectivity index (χ1) is 6.52. The fourth-order valence-electron chi connectivity index (χ4n) is 1.38. The number of hydrazine groups is 1. The molecule has 78 valence electrons. The molecule has 2 nitrogen and oxygen atoms in total. The predicted octanol–water partition coefficient (Wildman–Crippen LogP) is 2.09. The number of rotatable bonds is 3. The Morgan fingerprint density at radius 2 is 1.71 bits per heavy atom. The van der Waals surface area contributed by atoms with Crippen molar-refractivity contribution in [3.05, 3.63) is 35.4 Å². The molecule has 0 aliphatic rings. The highest BCUT2D eigenvalue weighted by Crippen LogP contribution is 2.19. The average molecular weight is 200 g/mol. The van der Waals surface area contributed by atoms with E-state index in [0.717, 1.165) is 0 Å². The van der Waals surface area contributed by atoms with Crippen LogP contribution in [0, 0.1) is 11.6 Å². The van der Waals surface area contributed by atoms with Gasteiger partial charge in [0, 0.05) is 25.7 Å². The topological polar surface area (TPSA) is 15.3 Å². The van der Waals surface area contributed by atoms with Crippen LogP contribution >= 0.6 is 0 Å². The van der Waals surface area contributed by atoms with Gasteiger partial charge in [0.15, 0.2) is 0 Å². The van der Waals surface area contributed by atoms with Crippen molar-refractivity contribution in [2.75, 3.05) is 14.1 Å². The molecular formula is C10H14F2N2. The van der Waals surface area contributed by atoms with Crippen molar-refractivity contribution in [1.82, 2.24) is 10.4 Å². The largest absolute Gasteiger partial charge is 0.250 e. The number of nitrogens with one attached hydrogen (secondary N) is 1. The molecule has 1 N–H and O–H groups in total. The summed E-state index contributed by atoms with van der Waals surface area (Å²) in [4.78, 5) is 0. The molecule has 1 aromatic rings. The molecule has 1 aromatic carbocycles. The predicted molar refractivity (Wildman–Crippen MR) is 51.6 cm³/mol. The van der Waals surface area contributed by atoms with Crippen molar-refractivity contribution >= 4 is 0 Å². The van der Waals surface area contributed by atoms with Crippen molar-refractivity contribution in [3.63, 3.8) is 0 Å². The van der Waals surface area contributed by atoms with Gasteiger partial charge in [-0.25, -0.2) is 14.2 Å². The van der Waals surface area contributed by atoms with Gasteiger partial charge in [0.25, 0.3) is 0 Å². The maximum absolute atomic E-state index is 13.3. The van der Waals surface area contributed by atoms with Crippen molar-refractivity contribution in [2.24, 2.45) is 0 Å². The van der Waals surface area contributed by atoms with Crippen LogP contribution in [-0.2, 0) is 0 Å². The van der Waals surface area contributed by atoms with Crippen molar-refractivity contribution in [3.8, 4) is 0 Å². The van der Waals surface area contributed by atoms with Gasteiger partial charge in [-0.1, -0.05) is 6.07 Å². The molecule has 0 saturated heterocycles. The van der Waals surface area contributed by atoms with Crippen molar-refractivity contribution in [2.45, 2.75) is 13.0 Å². The number of halogens is 2. The lowest BCUT2D eigenvalue weighted by Crippen LogP contribution is -2.33. The molecule has 0 heterocycles. The molecule has 1 rings (SSSR count). The van der Waals surface area contributed by atoms with E-state index in [-0.39, 0.29) is 11.6 Å². The zero-order valence-corrected chi connectivity index (χ0v) is 8.51. The highest BCUT2D eigenvalue weighted by Gasteiger charge is 2.15. The van der Waals surface area contributed by atoms with E-state index in [2.05, 4.69) is 5.43 Å². The first kappa shape index (κ1) is 11.1. The highest BCUT2D eigenvalue weighted by atomic mass is 19.1. The van der Waals surface area contributed by atoms with E-state index < -0.39 is 11.6 Å². The summed E-state index contributed by atoms with van der Waals surface area (Å²) in [5, 5.41) is 1.66. The minimum absolute atomic E-state index is 0.0706. The Hall–Kier alpha value is -1.00. The smallest absolute Gasteiger partial charge is 0.130 e. The summed E-state index contributed by atoms with van der Waals surface area (Å²) in [6.07, 6.45) is 0. The molecule has 1 unspecified atom stereocenters. The van der Waals surface area contributed by atoms with E-state index >= 15 is 0 Å². The van der Waals surface area contributed by atoms with E-state index in [0.29, 0.717) is 0 Å². The third-order valence-corrected chi connectivity index (χ3v) is 1.88. The summed E-state index contributed by atoms with van der Waals surface area (Å²) >= 11 is 0. The van der Waals surface area contributed by atoms with Gasteiger partial charge in [0.05, 0.1) is 0 Å². The number of benzene rings is 1. The minimum Gasteiger partial charge on any atom is -0.250 e. The normalized spacial score (nSPS) is 13.3. The molecular weight excluding hydrogens is 186 g/mol. The molecule has 0 amide bonds. The van der Waals surface area contributed by atoms with Gasteiger partial charge in [0.1, 0.15) is 11.6 Å². The molecule has 1 atom stereocenters. The maximum Gasteiger partial charge on any atom is 0.130 e. The molecule has 0 saturated carbocycles. The Balaban J connectivity index is 2.94. The molecule has 0 radical (unpaired) electrons. The Morgan fingerprint density at radius 1 is 1.21 bits per heavy atom. The fraction of sp³-hybridized carbons (Fsp3) is 0.400. The molecule has 0 aliphatic carbocycles. The summed E-state index contributed by atoms with van der Waals surface area (Å²) in [6.45, 7) is 1.71. The van der Waals surface area contributed by atoms with Crippen LogP contribution in [0.3, 0.4) is 0 Å². The standard InChI is InChI=1S/C10H14F2N2/c1-7(13-14(2)3)10-8(11)5-4-6-9(10)12/h4-7,13H,1-3H3. The summed E-state index contributed by atoms with van der Waals surface area (Å²) in [6, 6.07) is 3.49. The van der Waals surface area contributed by atoms with Crippen LogP contribution < -0.4 is 5.43 Å². The van der Waals surface area contributed by atoms with E-state index in [9.17, 15) is 8.78 Å². The van der Waals surface area contributed by atoms with Crippen LogP contribution in [0.4, 0.5) is 8.78 Å². The summed E-state index contributed by atoms with van der Waals surface area (Å²) < 4.78 is 26.5. The number of hydrogen-bond acceptors (Lipinski definition) is 2. The Labute approximate surface area is 82.5 Å². The fourth-order valence-corrected chi connectivity index (χ4v) is 1.38. The summed E-state index contributed by atoms with van der Waals surface area (Å²) in [5.41, 5.74) is 2.96. The second-order valence-electron chi connectivity index (χ2n) is 3.38. The van der Waals surface area contributed by atoms with Crippen LogP contribution in [0.5, 0.6) is 0 Å². The van der Waals surface area contributed by atoms with Gasteiger partial charge < -0.3 is 0 Å². The first-order valence-corrected chi connectivity index (χ1v) is 4.39. The van der Waals surface area contributed by atoms with Gasteiger partial charge in [-0.3, -0.25) is 5.01 Å². The van der Waals surface area contributed by atoms with Crippen LogP contribution in [0.2, 0.25) is 0 Å². The second kappa shape index (κ2) is 4.48. The SMILES string of the molecule is CC(NN(C)C)c1c(F)cccc1F. The van der Waals surface area contributed by atoms with Gasteiger partial charge in [0.2, 0.25) is 0 Å². The molecule has 4 heteroatoms. The minimum atomic E-state index is -0.521. The molecule has 14 heavy (non-hydrogen) atoms. The van der Waals surface area contributed by atoms with Gasteiger partial charge in [-0.05, 0) is 19.1 Å². The number of nitrogens with zero attached hydrogens (tertiary/aromatic N) is 1. The average Bonchev–Trinajstić information content (AvgIpc) is 2.01. The Kier molecular flexibility index (Phi) is 3.55. The highest BCUT2D eigenvalue weighted by molar-refractivity contribution is 5.22. The van der Waals surface area contributed by atoms with Crippen molar-refractivity contribution in [1.29, 1.82) is 0 Å². The monoisotopic (exact) mass is 200 g/mol. The third-order valence-electron chi connectivity index (χ3n) is 1.88.